The van der Waals surface area contributed by atoms with Gasteiger partial charge in [0.25, 0.3) is 6.29 Å². The average molecular weight is 1940 g/mol. The Morgan fingerprint density at radius 2 is 0.752 bits per heavy atom. The van der Waals surface area contributed by atoms with Crippen LogP contribution in [-0.4, -0.2) is 296 Å². The SMILES string of the molecule is CC(C)C(OC(=O)[C@@H](N)C(C)C)OC(=O)N(C)c1ccc(COC(=O)N(C)CCN(C)C(C)(C)C)cc1.CC(C)[C@H](NC(=O)CCCCCN)C(=O)C[C@@H](CCCNC(N)=O)C(=O)Nc1ccc(COC(=O)N(C)CCN(C)C(C)(C)C)cc1.CCCOCCOCCOCCC(=O)N[C@H](C(=O)C[C@@H](CCCNC(N)=O)C(=O)Nc1ccc(COC(=O)N(C)CCN(C)C(C)(C)C)cc1)C(C)C. The molecule has 0 radical (unpaired) electrons. The van der Waals surface area contributed by atoms with Crippen molar-refractivity contribution < 1.29 is 100 Å². The molecule has 0 aliphatic rings. The van der Waals surface area contributed by atoms with E-state index in [1.807, 2.05) is 69.6 Å². The Hall–Kier alpha value is -10.4. The van der Waals surface area contributed by atoms with E-state index in [-0.39, 0.29) is 134 Å². The van der Waals surface area contributed by atoms with E-state index in [9.17, 15) is 62.3 Å². The largest absolute Gasteiger partial charge is 0.445 e. The summed E-state index contributed by atoms with van der Waals surface area (Å²) in [7, 11) is 12.7. The summed E-state index contributed by atoms with van der Waals surface area (Å²) >= 11 is 0. The Balaban J connectivity index is 0.00000104. The molecule has 1 unspecified atom stereocenters. The van der Waals surface area contributed by atoms with Gasteiger partial charge >= 0.3 is 42.4 Å². The summed E-state index contributed by atoms with van der Waals surface area (Å²) in [6.07, 6.45) is 1.95. The maximum Gasteiger partial charge on any atom is 0.417 e. The Labute approximate surface area is 815 Å². The van der Waals surface area contributed by atoms with Crippen molar-refractivity contribution in [1.29, 1.82) is 0 Å². The summed E-state index contributed by atoms with van der Waals surface area (Å²) in [5.74, 6) is -4.57. The van der Waals surface area contributed by atoms with Crippen LogP contribution >= 0.6 is 0 Å². The first-order valence-corrected chi connectivity index (χ1v) is 47.8. The molecule has 0 aromatic heterocycles. The molecule has 0 fully saturated rings. The van der Waals surface area contributed by atoms with E-state index in [2.05, 4.69) is 109 Å². The minimum Gasteiger partial charge on any atom is -0.445 e. The van der Waals surface area contributed by atoms with Gasteiger partial charge in [0.15, 0.2) is 11.6 Å². The minimum absolute atomic E-state index is 0.00199. The third-order valence-electron chi connectivity index (χ3n) is 22.8. The van der Waals surface area contributed by atoms with Crippen LogP contribution in [0.1, 0.15) is 218 Å². The van der Waals surface area contributed by atoms with E-state index in [0.717, 1.165) is 42.5 Å². The predicted octanol–water partition coefficient (Wildman–Crippen LogP) is 11.6. The zero-order chi connectivity index (χ0) is 104. The fraction of sp³-hybridized carbons (Fsp3) is 0.687. The molecule has 0 saturated heterocycles. The topological polar surface area (TPSA) is 495 Å². The number of nitrogens with one attached hydrogen (secondary N) is 6. The lowest BCUT2D eigenvalue weighted by molar-refractivity contribution is -0.177. The fourth-order valence-corrected chi connectivity index (χ4v) is 12.4. The van der Waals surface area contributed by atoms with E-state index >= 15 is 0 Å². The van der Waals surface area contributed by atoms with E-state index < -0.39 is 78.7 Å². The molecule has 0 aliphatic heterocycles. The number of ketones is 2. The number of benzene rings is 3. The second-order valence-electron chi connectivity index (χ2n) is 38.9. The van der Waals surface area contributed by atoms with Crippen molar-refractivity contribution in [3.8, 4) is 0 Å². The number of likely N-dealkylation sites (N-methyl/N-ethyl adjacent to an activating group) is 6. The molecule has 38 heteroatoms. The number of carbonyl (C=O) groups is 13. The van der Waals surface area contributed by atoms with Crippen molar-refractivity contribution in [3.63, 3.8) is 0 Å². The molecular formula is C99H171N17O21. The number of hydrogen-bond donors (Lipinski definition) is 10. The molecule has 14 N–H and O–H groups in total. The van der Waals surface area contributed by atoms with Crippen LogP contribution in [-0.2, 0) is 91.3 Å². The highest BCUT2D eigenvalue weighted by atomic mass is 16.7. The van der Waals surface area contributed by atoms with E-state index in [0.29, 0.717) is 128 Å². The molecule has 3 aromatic carbocycles. The lowest BCUT2D eigenvalue weighted by atomic mass is 9.89. The molecule has 3 aromatic rings. The number of nitrogens with zero attached hydrogens (tertiary/aromatic N) is 7. The Kier molecular flexibility index (Phi) is 60.3. The van der Waals surface area contributed by atoms with Gasteiger partial charge < -0.3 is 107 Å². The maximum atomic E-state index is 13.5. The number of amides is 12. The summed E-state index contributed by atoms with van der Waals surface area (Å²) in [5, 5.41) is 16.4. The Bertz CT molecular complexity index is 4070. The first-order valence-electron chi connectivity index (χ1n) is 47.8. The summed E-state index contributed by atoms with van der Waals surface area (Å²) in [4.78, 5) is 176. The summed E-state index contributed by atoms with van der Waals surface area (Å²) in [5.41, 5.74) is 25.6. The lowest BCUT2D eigenvalue weighted by Crippen LogP contribution is -2.45. The van der Waals surface area contributed by atoms with Crippen molar-refractivity contribution in [2.45, 2.75) is 263 Å². The van der Waals surface area contributed by atoms with Crippen molar-refractivity contribution in [2.24, 2.45) is 58.4 Å². The van der Waals surface area contributed by atoms with Gasteiger partial charge in [0.05, 0.1) is 45.1 Å². The predicted molar refractivity (Wildman–Crippen MR) is 533 cm³/mol. The van der Waals surface area contributed by atoms with Gasteiger partial charge in [-0.25, -0.2) is 28.8 Å². The second kappa shape index (κ2) is 66.3. The molecule has 0 spiro atoms. The van der Waals surface area contributed by atoms with Crippen molar-refractivity contribution in [1.82, 2.24) is 50.7 Å². The highest BCUT2D eigenvalue weighted by Crippen LogP contribution is 2.25. The second-order valence-corrected chi connectivity index (χ2v) is 38.9. The third kappa shape index (κ3) is 54.6. The highest BCUT2D eigenvalue weighted by molar-refractivity contribution is 5.99. The number of rotatable bonds is 59. The average Bonchev–Trinajstić information content (AvgIpc) is 0.852. The summed E-state index contributed by atoms with van der Waals surface area (Å²) in [6.45, 7) is 43.2. The lowest BCUT2D eigenvalue weighted by Gasteiger charge is -2.33. The monoisotopic (exact) mass is 1930 g/mol. The van der Waals surface area contributed by atoms with Gasteiger partial charge in [-0.15, -0.1) is 0 Å². The van der Waals surface area contributed by atoms with Crippen molar-refractivity contribution >= 4 is 94.7 Å². The first kappa shape index (κ1) is 125. The summed E-state index contributed by atoms with van der Waals surface area (Å²) < 4.78 is 43.4. The molecular weight excluding hydrogens is 1760 g/mol. The molecule has 38 nitrogen and oxygen atoms in total. The molecule has 778 valence electrons. The molecule has 0 saturated carbocycles. The number of hydrogen-bond acceptors (Lipinski definition) is 26. The van der Waals surface area contributed by atoms with Crippen LogP contribution in [0.15, 0.2) is 72.8 Å². The van der Waals surface area contributed by atoms with Gasteiger partial charge in [-0.2, -0.15) is 0 Å². The molecule has 0 bridgehead atoms. The Morgan fingerprint density at radius 3 is 1.08 bits per heavy atom. The van der Waals surface area contributed by atoms with Crippen LogP contribution in [0.4, 0.5) is 45.8 Å². The van der Waals surface area contributed by atoms with Crippen LogP contribution in [0.25, 0.3) is 0 Å². The number of unbranched alkanes of at least 4 members (excludes halogenated alkanes) is 2. The van der Waals surface area contributed by atoms with E-state index in [4.69, 9.17) is 60.8 Å². The Morgan fingerprint density at radius 1 is 0.401 bits per heavy atom. The quantitative estimate of drug-likeness (QED) is 0.0109. The van der Waals surface area contributed by atoms with Crippen molar-refractivity contribution in [2.75, 3.05) is 163 Å². The summed E-state index contributed by atoms with van der Waals surface area (Å²) in [6, 6.07) is 17.1. The number of ether oxygens (including phenoxy) is 8. The first-order chi connectivity index (χ1) is 64.1. The molecule has 137 heavy (non-hydrogen) atoms. The van der Waals surface area contributed by atoms with Crippen LogP contribution in [0.3, 0.4) is 0 Å². The van der Waals surface area contributed by atoms with E-state index in [1.165, 1.54) is 14.7 Å². The number of urea groups is 2. The molecule has 3 rings (SSSR count). The van der Waals surface area contributed by atoms with Gasteiger partial charge in [-0.05, 0) is 206 Å². The van der Waals surface area contributed by atoms with Gasteiger partial charge in [0, 0.05) is 164 Å². The molecule has 0 heterocycles. The van der Waals surface area contributed by atoms with Crippen molar-refractivity contribution in [3.05, 3.63) is 89.5 Å². The number of esters is 1. The zero-order valence-electron chi connectivity index (χ0n) is 86.9. The highest BCUT2D eigenvalue weighted by Gasteiger charge is 2.34. The molecule has 12 amide bonds. The van der Waals surface area contributed by atoms with Crippen LogP contribution < -0.4 is 59.7 Å². The number of nitrogens with two attached hydrogens (primary N) is 4. The normalized spacial score (nSPS) is 12.9. The fourth-order valence-electron chi connectivity index (χ4n) is 12.4. The van der Waals surface area contributed by atoms with Gasteiger partial charge in [0.1, 0.15) is 25.9 Å². The van der Waals surface area contributed by atoms with Gasteiger partial charge in [-0.3, -0.25) is 53.2 Å². The zero-order valence-corrected chi connectivity index (χ0v) is 86.9. The maximum absolute atomic E-state index is 13.5. The smallest absolute Gasteiger partial charge is 0.417 e. The molecule has 6 atom stereocenters. The third-order valence-corrected chi connectivity index (χ3v) is 22.8. The van der Waals surface area contributed by atoms with E-state index in [1.54, 1.807) is 120 Å². The van der Waals surface area contributed by atoms with Crippen LogP contribution in [0.5, 0.6) is 0 Å². The standard InChI is InChI=1S/C38H66N6O9.C34H59N7O6.C27H46N4O6/c1-9-20-50-22-24-52-25-23-51-21-16-33(46)42-34(28(2)3)32(45)26-30(11-10-17-40-36(39)48)35(47)41-31-14-12-29(13-15-31)27-53-37(49)43(7)18-19-44(8)38(4,5)6;1-24(2)30(39-29(43)13-9-8-10-18-35)28(42)22-26(12-11-19-37-32(36)45)31(44)38-27-16-14-25(15-17-27)23-47-33(46)40(6)20-21-41(7)34(3,4)5;1-18(2)22(28)23(32)36-24(19(3)4)37-26(34)31(10)21-13-11-20(12-14-21)17-35-25(33)29(8)15-16-30(9)27(5,6)7/h12-15,28,30,34H,9-11,16-27H2,1-8H3,(H,41,47)(H,42,46)(H3,39,40,48);14-17,24,26,30H,8-13,18-23,35H2,1-7H3,(H,38,44)(H,39,43)(H3,36,37,45);11-14,18-19,22,24H,15-17,28H2,1-10H3/t30-,34+;26-,30+;22-,24?/m110/s1. The number of anilines is 3. The minimum atomic E-state index is -1.06. The molecule has 0 aliphatic carbocycles. The van der Waals surface area contributed by atoms with Gasteiger partial charge in [-0.1, -0.05) is 105 Å². The van der Waals surface area contributed by atoms with Crippen LogP contribution in [0.2, 0.25) is 0 Å². The number of primary amides is 2. The number of Topliss-reactive ketones (excluding diaryl/α,β-unsaturated/α-hetero) is 2. The van der Waals surface area contributed by atoms with Crippen LogP contribution in [0, 0.1) is 35.5 Å². The van der Waals surface area contributed by atoms with Gasteiger partial charge in [0.2, 0.25) is 23.6 Å². The number of carbonyl (C=O) groups excluding carboxylic acids is 13.